The molecule has 3 aliphatic rings. The number of fused-ring (bicyclic) bond motifs is 5. The van der Waals surface area contributed by atoms with Crippen LogP contribution in [0, 0.1) is 11.8 Å². The van der Waals surface area contributed by atoms with Crippen LogP contribution in [0.25, 0.3) is 0 Å². The molecule has 4 rings (SSSR count). The Labute approximate surface area is 146 Å². The highest BCUT2D eigenvalue weighted by molar-refractivity contribution is 5.85. The normalized spacial score (nSPS) is 34.4. The monoisotopic (exact) mass is 346 g/mol. The van der Waals surface area contributed by atoms with Crippen molar-refractivity contribution in [1.82, 2.24) is 0 Å². The van der Waals surface area contributed by atoms with E-state index in [2.05, 4.69) is 0 Å². The number of carbonyl (C=O) groups is 2. The maximum atomic E-state index is 12.7. The summed E-state index contributed by atoms with van der Waals surface area (Å²) in [6.07, 6.45) is 0.793. The van der Waals surface area contributed by atoms with Gasteiger partial charge in [-0.05, 0) is 12.0 Å². The van der Waals surface area contributed by atoms with Crippen LogP contribution in [0.4, 0.5) is 0 Å². The van der Waals surface area contributed by atoms with Gasteiger partial charge in [0.05, 0.1) is 6.61 Å². The highest BCUT2D eigenvalue weighted by atomic mass is 16.7. The molecular formula is C19H22O6. The van der Waals surface area contributed by atoms with Gasteiger partial charge in [0.15, 0.2) is 0 Å². The molecular weight excluding hydrogens is 324 g/mol. The molecule has 25 heavy (non-hydrogen) atoms. The highest BCUT2D eigenvalue weighted by Crippen LogP contribution is 2.54. The Bertz CT molecular complexity index is 645. The van der Waals surface area contributed by atoms with Gasteiger partial charge in [-0.25, -0.2) is 0 Å². The van der Waals surface area contributed by atoms with Gasteiger partial charge in [0.1, 0.15) is 42.9 Å². The zero-order valence-electron chi connectivity index (χ0n) is 14.1. The molecule has 0 saturated carbocycles. The van der Waals surface area contributed by atoms with Crippen molar-refractivity contribution in [3.05, 3.63) is 35.9 Å². The Morgan fingerprint density at radius 2 is 1.52 bits per heavy atom. The molecule has 0 aliphatic carbocycles. The fourth-order valence-electron chi connectivity index (χ4n) is 3.79. The Balaban J connectivity index is 1.42. The van der Waals surface area contributed by atoms with Gasteiger partial charge in [-0.2, -0.15) is 0 Å². The lowest BCUT2D eigenvalue weighted by molar-refractivity contribution is -0.161. The zero-order chi connectivity index (χ0) is 17.4. The Kier molecular flexibility index (Phi) is 4.48. The molecule has 0 amide bonds. The predicted octanol–water partition coefficient (Wildman–Crippen LogP) is 1.85. The average Bonchev–Trinajstić information content (AvgIpc) is 3.25. The van der Waals surface area contributed by atoms with E-state index in [1.165, 1.54) is 0 Å². The van der Waals surface area contributed by atoms with Crippen LogP contribution in [0.15, 0.2) is 30.3 Å². The van der Waals surface area contributed by atoms with Crippen molar-refractivity contribution in [3.8, 4) is 0 Å². The van der Waals surface area contributed by atoms with Crippen molar-refractivity contribution in [1.29, 1.82) is 0 Å². The summed E-state index contributed by atoms with van der Waals surface area (Å²) < 4.78 is 22.2. The molecule has 6 heteroatoms. The van der Waals surface area contributed by atoms with E-state index in [0.29, 0.717) is 6.61 Å². The van der Waals surface area contributed by atoms with Crippen molar-refractivity contribution in [2.75, 3.05) is 6.61 Å². The molecule has 1 aromatic rings. The molecule has 6 unspecified atom stereocenters. The van der Waals surface area contributed by atoms with E-state index in [1.807, 2.05) is 37.3 Å². The summed E-state index contributed by atoms with van der Waals surface area (Å²) >= 11 is 0. The van der Waals surface area contributed by atoms with E-state index >= 15 is 0 Å². The van der Waals surface area contributed by atoms with E-state index in [9.17, 15) is 9.59 Å². The SMILES string of the molecule is CCCCOC(=O)C1C2OC(C3OC32)C1C(=O)OCc1ccccc1. The first-order valence-corrected chi connectivity index (χ1v) is 8.89. The minimum atomic E-state index is -0.647. The summed E-state index contributed by atoms with van der Waals surface area (Å²) in [6.45, 7) is 2.57. The molecule has 0 aromatic heterocycles. The maximum Gasteiger partial charge on any atom is 0.313 e. The van der Waals surface area contributed by atoms with Crippen molar-refractivity contribution < 1.29 is 28.5 Å². The van der Waals surface area contributed by atoms with Crippen molar-refractivity contribution in [2.24, 2.45) is 11.8 Å². The van der Waals surface area contributed by atoms with Crippen LogP contribution in [-0.4, -0.2) is 43.0 Å². The van der Waals surface area contributed by atoms with Crippen LogP contribution in [0.3, 0.4) is 0 Å². The predicted molar refractivity (Wildman–Crippen MR) is 86.4 cm³/mol. The molecule has 0 radical (unpaired) electrons. The van der Waals surface area contributed by atoms with Crippen LogP contribution < -0.4 is 0 Å². The molecule has 3 aliphatic heterocycles. The first-order chi connectivity index (χ1) is 12.2. The molecule has 6 atom stereocenters. The van der Waals surface area contributed by atoms with Gasteiger partial charge in [0.2, 0.25) is 0 Å². The van der Waals surface area contributed by atoms with E-state index < -0.39 is 30.0 Å². The van der Waals surface area contributed by atoms with Gasteiger partial charge < -0.3 is 18.9 Å². The van der Waals surface area contributed by atoms with Gasteiger partial charge >= 0.3 is 11.9 Å². The third-order valence-corrected chi connectivity index (χ3v) is 5.13. The average molecular weight is 346 g/mol. The minimum Gasteiger partial charge on any atom is -0.465 e. The lowest BCUT2D eigenvalue weighted by atomic mass is 9.79. The van der Waals surface area contributed by atoms with Gasteiger partial charge in [0.25, 0.3) is 0 Å². The summed E-state index contributed by atoms with van der Waals surface area (Å²) in [5.74, 6) is -2.07. The van der Waals surface area contributed by atoms with E-state index in [0.717, 1.165) is 18.4 Å². The van der Waals surface area contributed by atoms with Crippen molar-refractivity contribution in [2.45, 2.75) is 50.8 Å². The number of benzene rings is 1. The largest absolute Gasteiger partial charge is 0.465 e. The standard InChI is InChI=1S/C19H22O6/c1-2-3-9-22-18(20)12-13(15-17-16(25-17)14(12)24-15)19(21)23-10-11-7-5-4-6-8-11/h4-8,12-17H,2-3,9-10H2,1H3. The fourth-order valence-corrected chi connectivity index (χ4v) is 3.79. The number of epoxide rings is 1. The van der Waals surface area contributed by atoms with Gasteiger partial charge in [-0.1, -0.05) is 43.7 Å². The summed E-state index contributed by atoms with van der Waals surface area (Å²) in [4.78, 5) is 25.1. The summed E-state index contributed by atoms with van der Waals surface area (Å²) in [6, 6.07) is 9.46. The molecule has 6 nitrogen and oxygen atoms in total. The Morgan fingerprint density at radius 3 is 2.16 bits per heavy atom. The third kappa shape index (κ3) is 3.04. The van der Waals surface area contributed by atoms with Crippen LogP contribution >= 0.6 is 0 Å². The molecule has 1 aromatic carbocycles. The number of ether oxygens (including phenoxy) is 4. The number of carbonyl (C=O) groups excluding carboxylic acids is 2. The summed E-state index contributed by atoms with van der Waals surface area (Å²) in [5.41, 5.74) is 0.905. The van der Waals surface area contributed by atoms with Crippen LogP contribution in [0.5, 0.6) is 0 Å². The minimum absolute atomic E-state index is 0.0769. The summed E-state index contributed by atoms with van der Waals surface area (Å²) in [5, 5.41) is 0. The molecule has 0 spiro atoms. The summed E-state index contributed by atoms with van der Waals surface area (Å²) in [7, 11) is 0. The second-order valence-corrected chi connectivity index (χ2v) is 6.80. The first-order valence-electron chi connectivity index (χ1n) is 8.89. The molecule has 3 heterocycles. The molecule has 3 saturated heterocycles. The lowest BCUT2D eigenvalue weighted by Gasteiger charge is -2.23. The topological polar surface area (TPSA) is 74.4 Å². The molecule has 2 bridgehead atoms. The number of esters is 2. The number of unbranched alkanes of at least 4 members (excludes halogenated alkanes) is 1. The number of hydrogen-bond donors (Lipinski definition) is 0. The number of hydrogen-bond acceptors (Lipinski definition) is 6. The second kappa shape index (κ2) is 6.77. The Hall–Kier alpha value is -1.92. The van der Waals surface area contributed by atoms with Crippen molar-refractivity contribution in [3.63, 3.8) is 0 Å². The quantitative estimate of drug-likeness (QED) is 0.426. The molecule has 0 N–H and O–H groups in total. The van der Waals surface area contributed by atoms with Crippen LogP contribution in [-0.2, 0) is 35.1 Å². The maximum absolute atomic E-state index is 12.7. The Morgan fingerprint density at radius 1 is 0.920 bits per heavy atom. The second-order valence-electron chi connectivity index (χ2n) is 6.80. The van der Waals surface area contributed by atoms with Gasteiger partial charge in [-0.3, -0.25) is 9.59 Å². The van der Waals surface area contributed by atoms with E-state index in [4.69, 9.17) is 18.9 Å². The first kappa shape index (κ1) is 16.5. The van der Waals surface area contributed by atoms with Crippen LogP contribution in [0.1, 0.15) is 25.3 Å². The lowest BCUT2D eigenvalue weighted by Crippen LogP contribution is -2.43. The van der Waals surface area contributed by atoms with Crippen molar-refractivity contribution >= 4 is 11.9 Å². The van der Waals surface area contributed by atoms with Gasteiger partial charge in [0, 0.05) is 0 Å². The van der Waals surface area contributed by atoms with E-state index in [-0.39, 0.29) is 24.8 Å². The van der Waals surface area contributed by atoms with Crippen LogP contribution in [0.2, 0.25) is 0 Å². The third-order valence-electron chi connectivity index (χ3n) is 5.13. The fraction of sp³-hybridized carbons (Fsp3) is 0.579. The van der Waals surface area contributed by atoms with Gasteiger partial charge in [-0.15, -0.1) is 0 Å². The highest BCUT2D eigenvalue weighted by Gasteiger charge is 2.73. The molecule has 134 valence electrons. The molecule has 3 fully saturated rings. The smallest absolute Gasteiger partial charge is 0.313 e. The van der Waals surface area contributed by atoms with E-state index in [1.54, 1.807) is 0 Å². The zero-order valence-corrected chi connectivity index (χ0v) is 14.1. The number of rotatable bonds is 7.